The number of benzene rings is 2. The van der Waals surface area contributed by atoms with Gasteiger partial charge in [-0.15, -0.1) is 0 Å². The van der Waals surface area contributed by atoms with Crippen molar-refractivity contribution in [1.82, 2.24) is 4.90 Å². The lowest BCUT2D eigenvalue weighted by Crippen LogP contribution is -2.48. The van der Waals surface area contributed by atoms with Gasteiger partial charge in [-0.2, -0.15) is 0 Å². The van der Waals surface area contributed by atoms with Crippen LogP contribution in [0.5, 0.6) is 0 Å². The highest BCUT2D eigenvalue weighted by Gasteiger charge is 2.47. The zero-order valence-corrected chi connectivity index (χ0v) is 15.7. The van der Waals surface area contributed by atoms with Crippen molar-refractivity contribution in [3.05, 3.63) is 59.1 Å². The zero-order chi connectivity index (χ0) is 18.3. The molecule has 0 radical (unpaired) electrons. The monoisotopic (exact) mass is 371 g/mol. The first kappa shape index (κ1) is 17.5. The van der Waals surface area contributed by atoms with E-state index in [-0.39, 0.29) is 11.9 Å². The number of amides is 1. The Morgan fingerprint density at radius 1 is 1.12 bits per heavy atom. The summed E-state index contributed by atoms with van der Waals surface area (Å²) >= 11 is 5.99. The summed E-state index contributed by atoms with van der Waals surface area (Å²) in [6, 6.07) is 15.7. The van der Waals surface area contributed by atoms with Crippen molar-refractivity contribution in [2.24, 2.45) is 0 Å². The highest BCUT2D eigenvalue weighted by molar-refractivity contribution is 6.30. The first-order valence-corrected chi connectivity index (χ1v) is 9.28. The molecule has 2 saturated heterocycles. The summed E-state index contributed by atoms with van der Waals surface area (Å²) in [5.74, 6) is -0.0248. The molecule has 1 amide bonds. The molecule has 4 nitrogen and oxygen atoms in total. The predicted molar refractivity (Wildman–Crippen MR) is 101 cm³/mol. The molecule has 2 aliphatic rings. The number of carbonyl (C=O) groups excluding carboxylic acids is 1. The van der Waals surface area contributed by atoms with Gasteiger partial charge in [0.2, 0.25) is 0 Å². The Morgan fingerprint density at radius 2 is 1.88 bits per heavy atom. The summed E-state index contributed by atoms with van der Waals surface area (Å²) in [7, 11) is 0. The first-order chi connectivity index (χ1) is 12.5. The lowest BCUT2D eigenvalue weighted by Gasteiger charge is -2.34. The van der Waals surface area contributed by atoms with Crippen LogP contribution in [-0.4, -0.2) is 35.8 Å². The Morgan fingerprint density at radius 3 is 2.65 bits per heavy atom. The van der Waals surface area contributed by atoms with Gasteiger partial charge in [-0.3, -0.25) is 4.79 Å². The molecule has 0 spiro atoms. The minimum Gasteiger partial charge on any atom is -0.364 e. The summed E-state index contributed by atoms with van der Waals surface area (Å²) in [5.41, 5.74) is 2.36. The van der Waals surface area contributed by atoms with Crippen LogP contribution in [0.3, 0.4) is 0 Å². The summed E-state index contributed by atoms with van der Waals surface area (Å²) in [4.78, 5) is 15.1. The second-order valence-corrected chi connectivity index (χ2v) is 7.73. The van der Waals surface area contributed by atoms with Crippen LogP contribution in [-0.2, 0) is 14.3 Å². The number of rotatable bonds is 2. The van der Waals surface area contributed by atoms with Gasteiger partial charge in [-0.1, -0.05) is 41.9 Å². The molecule has 0 bridgehead atoms. The number of hydrogen-bond acceptors (Lipinski definition) is 3. The molecule has 1 unspecified atom stereocenters. The molecule has 2 aromatic carbocycles. The number of hydrogen-bond donors (Lipinski definition) is 0. The van der Waals surface area contributed by atoms with Crippen LogP contribution in [0.15, 0.2) is 48.5 Å². The van der Waals surface area contributed by atoms with E-state index in [1.54, 1.807) is 0 Å². The van der Waals surface area contributed by atoms with Crippen molar-refractivity contribution in [2.75, 3.05) is 13.2 Å². The van der Waals surface area contributed by atoms with Gasteiger partial charge in [-0.25, -0.2) is 0 Å². The lowest BCUT2D eigenvalue weighted by atomic mass is 9.99. The normalized spacial score (nSPS) is 25.0. The van der Waals surface area contributed by atoms with Gasteiger partial charge in [0, 0.05) is 5.02 Å². The van der Waals surface area contributed by atoms with Crippen molar-refractivity contribution in [3.63, 3.8) is 0 Å². The summed E-state index contributed by atoms with van der Waals surface area (Å²) in [5, 5.41) is 0.703. The average Bonchev–Trinajstić information content (AvgIpc) is 2.82. The Labute approximate surface area is 158 Å². The fourth-order valence-corrected chi connectivity index (χ4v) is 3.95. The van der Waals surface area contributed by atoms with Gasteiger partial charge in [0.15, 0.2) is 6.10 Å². The molecule has 0 saturated carbocycles. The highest BCUT2D eigenvalue weighted by atomic mass is 35.5. The molecular formula is C21H22ClNO3. The maximum atomic E-state index is 13.2. The van der Waals surface area contributed by atoms with Gasteiger partial charge in [0.1, 0.15) is 5.72 Å². The largest absolute Gasteiger partial charge is 0.364 e. The third-order valence-corrected chi connectivity index (χ3v) is 5.39. The topological polar surface area (TPSA) is 38.8 Å². The second kappa shape index (κ2) is 6.69. The Bertz CT molecular complexity index is 818. The van der Waals surface area contributed by atoms with Crippen LogP contribution in [0.1, 0.15) is 31.9 Å². The number of fused-ring (bicyclic) bond motifs is 1. The highest BCUT2D eigenvalue weighted by Crippen LogP contribution is 2.36. The number of ether oxygens (including phenoxy) is 2. The van der Waals surface area contributed by atoms with E-state index in [1.165, 1.54) is 0 Å². The molecule has 0 aromatic heterocycles. The number of nitrogens with zero attached hydrogens (tertiary/aromatic N) is 1. The number of carbonyl (C=O) groups is 1. The molecule has 2 heterocycles. The summed E-state index contributed by atoms with van der Waals surface area (Å²) < 4.78 is 11.8. The summed E-state index contributed by atoms with van der Waals surface area (Å²) in [6.45, 7) is 5.00. The standard InChI is InChI=1S/C21H22ClNO3/c1-21(2)23-18(13-26-21)10-11-25-19(20(23)24)16-5-3-4-15(12-16)14-6-8-17(22)9-7-14/h3-9,12,18-19H,10-11,13H2,1-2H3/t18-,19?/m0/s1. The SMILES string of the molecule is CC1(C)OC[C@@H]2CCOC(c3cccc(-c4ccc(Cl)cc4)c3)C(=O)N21. The van der Waals surface area contributed by atoms with Crippen LogP contribution >= 0.6 is 11.6 Å². The van der Waals surface area contributed by atoms with Crippen molar-refractivity contribution >= 4 is 17.5 Å². The van der Waals surface area contributed by atoms with E-state index in [2.05, 4.69) is 0 Å². The van der Waals surface area contributed by atoms with E-state index in [1.807, 2.05) is 67.3 Å². The third-order valence-electron chi connectivity index (χ3n) is 5.14. The smallest absolute Gasteiger partial charge is 0.258 e. The molecule has 4 rings (SSSR count). The molecule has 2 aliphatic heterocycles. The van der Waals surface area contributed by atoms with E-state index < -0.39 is 11.8 Å². The minimum absolute atomic E-state index is 0.0248. The molecule has 5 heteroatoms. The Kier molecular flexibility index (Phi) is 4.51. The molecule has 136 valence electrons. The summed E-state index contributed by atoms with van der Waals surface area (Å²) in [6.07, 6.45) is 0.191. The molecule has 0 N–H and O–H groups in total. The van der Waals surface area contributed by atoms with Gasteiger partial charge in [-0.05, 0) is 55.2 Å². The van der Waals surface area contributed by atoms with Gasteiger partial charge < -0.3 is 14.4 Å². The third kappa shape index (κ3) is 3.13. The molecule has 2 atom stereocenters. The predicted octanol–water partition coefficient (Wildman–Crippen LogP) is 4.43. The Hall–Kier alpha value is -1.88. The molecule has 2 fully saturated rings. The van der Waals surface area contributed by atoms with E-state index in [4.69, 9.17) is 21.1 Å². The van der Waals surface area contributed by atoms with Crippen LogP contribution < -0.4 is 0 Å². The van der Waals surface area contributed by atoms with Crippen LogP contribution in [0.4, 0.5) is 0 Å². The molecule has 2 aromatic rings. The van der Waals surface area contributed by atoms with Gasteiger partial charge in [0.25, 0.3) is 5.91 Å². The van der Waals surface area contributed by atoms with Crippen LogP contribution in [0.2, 0.25) is 5.02 Å². The van der Waals surface area contributed by atoms with E-state index in [9.17, 15) is 4.79 Å². The minimum atomic E-state index is -0.603. The quantitative estimate of drug-likeness (QED) is 0.783. The maximum absolute atomic E-state index is 13.2. The van der Waals surface area contributed by atoms with Crippen molar-refractivity contribution in [1.29, 1.82) is 0 Å². The second-order valence-electron chi connectivity index (χ2n) is 7.29. The van der Waals surface area contributed by atoms with Crippen molar-refractivity contribution in [2.45, 2.75) is 38.1 Å². The van der Waals surface area contributed by atoms with Crippen molar-refractivity contribution < 1.29 is 14.3 Å². The Balaban J connectivity index is 1.67. The molecule has 0 aliphatic carbocycles. The van der Waals surface area contributed by atoms with E-state index in [0.717, 1.165) is 23.1 Å². The van der Waals surface area contributed by atoms with Crippen molar-refractivity contribution in [3.8, 4) is 11.1 Å². The maximum Gasteiger partial charge on any atom is 0.258 e. The average molecular weight is 372 g/mol. The first-order valence-electron chi connectivity index (χ1n) is 8.90. The zero-order valence-electron chi connectivity index (χ0n) is 14.9. The fraction of sp³-hybridized carbons (Fsp3) is 0.381. The van der Waals surface area contributed by atoms with E-state index >= 15 is 0 Å². The molecule has 26 heavy (non-hydrogen) atoms. The van der Waals surface area contributed by atoms with E-state index in [0.29, 0.717) is 18.2 Å². The van der Waals surface area contributed by atoms with Crippen LogP contribution in [0.25, 0.3) is 11.1 Å². The fourth-order valence-electron chi connectivity index (χ4n) is 3.82. The van der Waals surface area contributed by atoms with Gasteiger partial charge in [0.05, 0.1) is 19.3 Å². The molecular weight excluding hydrogens is 350 g/mol. The lowest BCUT2D eigenvalue weighted by molar-refractivity contribution is -0.155. The van der Waals surface area contributed by atoms with Gasteiger partial charge >= 0.3 is 0 Å². The number of halogens is 1. The van der Waals surface area contributed by atoms with Crippen LogP contribution in [0, 0.1) is 0 Å².